The lowest BCUT2D eigenvalue weighted by molar-refractivity contribution is -0.0343. The Morgan fingerprint density at radius 2 is 2.19 bits per heavy atom. The van der Waals surface area contributed by atoms with Crippen LogP contribution in [0.2, 0.25) is 0 Å². The van der Waals surface area contributed by atoms with E-state index < -0.39 is 0 Å². The maximum absolute atomic E-state index is 5.71. The van der Waals surface area contributed by atoms with Gasteiger partial charge in [0.15, 0.2) is 0 Å². The zero-order valence-electron chi connectivity index (χ0n) is 9.35. The summed E-state index contributed by atoms with van der Waals surface area (Å²) < 4.78 is 16.3. The molecule has 0 unspecified atom stereocenters. The van der Waals surface area contributed by atoms with E-state index in [-0.39, 0.29) is 5.41 Å². The highest BCUT2D eigenvalue weighted by Gasteiger charge is 2.31. The van der Waals surface area contributed by atoms with Crippen LogP contribution in [0.15, 0.2) is 22.8 Å². The summed E-state index contributed by atoms with van der Waals surface area (Å²) in [7, 11) is 0. The smallest absolute Gasteiger partial charge is 0.129 e. The van der Waals surface area contributed by atoms with E-state index in [4.69, 9.17) is 13.9 Å². The van der Waals surface area contributed by atoms with E-state index in [1.54, 1.807) is 6.26 Å². The summed E-state index contributed by atoms with van der Waals surface area (Å²) in [5, 5.41) is 0. The molecule has 1 aliphatic heterocycles. The SMILES string of the molecule is SCC1(COCc2ccco2)CCOCC1. The minimum absolute atomic E-state index is 0.188. The van der Waals surface area contributed by atoms with Crippen LogP contribution in [0.3, 0.4) is 0 Å². The van der Waals surface area contributed by atoms with Crippen molar-refractivity contribution in [2.45, 2.75) is 19.4 Å². The molecule has 0 bridgehead atoms. The lowest BCUT2D eigenvalue weighted by Crippen LogP contribution is -2.35. The average molecular weight is 242 g/mol. The first-order valence-electron chi connectivity index (χ1n) is 5.63. The maximum atomic E-state index is 5.71. The Balaban J connectivity index is 1.78. The summed E-state index contributed by atoms with van der Waals surface area (Å²) in [5.41, 5.74) is 0.188. The number of ether oxygens (including phenoxy) is 2. The van der Waals surface area contributed by atoms with Crippen molar-refractivity contribution in [3.63, 3.8) is 0 Å². The molecular formula is C12H18O3S. The van der Waals surface area contributed by atoms with Gasteiger partial charge in [0.2, 0.25) is 0 Å². The van der Waals surface area contributed by atoms with Crippen LogP contribution in [0.5, 0.6) is 0 Å². The van der Waals surface area contributed by atoms with E-state index in [1.807, 2.05) is 12.1 Å². The highest BCUT2D eigenvalue weighted by atomic mass is 32.1. The highest BCUT2D eigenvalue weighted by molar-refractivity contribution is 7.80. The molecule has 2 rings (SSSR count). The molecule has 0 radical (unpaired) electrons. The van der Waals surface area contributed by atoms with Gasteiger partial charge in [-0.25, -0.2) is 0 Å². The Morgan fingerprint density at radius 1 is 1.38 bits per heavy atom. The van der Waals surface area contributed by atoms with Gasteiger partial charge in [-0.15, -0.1) is 0 Å². The molecule has 1 aromatic rings. The lowest BCUT2D eigenvalue weighted by atomic mass is 9.83. The van der Waals surface area contributed by atoms with Gasteiger partial charge in [0, 0.05) is 18.6 Å². The largest absolute Gasteiger partial charge is 0.467 e. The third-order valence-electron chi connectivity index (χ3n) is 3.12. The van der Waals surface area contributed by atoms with Gasteiger partial charge in [-0.2, -0.15) is 12.6 Å². The predicted octanol–water partition coefficient (Wildman–Crippen LogP) is 2.52. The summed E-state index contributed by atoms with van der Waals surface area (Å²) >= 11 is 4.44. The molecule has 3 nitrogen and oxygen atoms in total. The second-order valence-electron chi connectivity index (χ2n) is 4.34. The van der Waals surface area contributed by atoms with Gasteiger partial charge in [-0.3, -0.25) is 0 Å². The van der Waals surface area contributed by atoms with Gasteiger partial charge in [0.25, 0.3) is 0 Å². The van der Waals surface area contributed by atoms with Gasteiger partial charge in [0.05, 0.1) is 12.9 Å². The van der Waals surface area contributed by atoms with Gasteiger partial charge in [-0.1, -0.05) is 0 Å². The number of hydrogen-bond acceptors (Lipinski definition) is 4. The third-order valence-corrected chi connectivity index (χ3v) is 3.79. The fraction of sp³-hybridized carbons (Fsp3) is 0.667. The molecular weight excluding hydrogens is 224 g/mol. The van der Waals surface area contributed by atoms with Crippen molar-refractivity contribution < 1.29 is 13.9 Å². The van der Waals surface area contributed by atoms with Crippen LogP contribution >= 0.6 is 12.6 Å². The fourth-order valence-corrected chi connectivity index (χ4v) is 2.32. The fourth-order valence-electron chi connectivity index (χ4n) is 1.92. The molecule has 2 heterocycles. The molecule has 0 N–H and O–H groups in total. The van der Waals surface area contributed by atoms with Crippen molar-refractivity contribution in [1.29, 1.82) is 0 Å². The Morgan fingerprint density at radius 3 is 2.81 bits per heavy atom. The summed E-state index contributed by atoms with van der Waals surface area (Å²) in [4.78, 5) is 0. The van der Waals surface area contributed by atoms with Crippen molar-refractivity contribution in [2.75, 3.05) is 25.6 Å². The van der Waals surface area contributed by atoms with Gasteiger partial charge >= 0.3 is 0 Å². The number of rotatable bonds is 5. The van der Waals surface area contributed by atoms with Crippen LogP contribution in [-0.4, -0.2) is 25.6 Å². The molecule has 90 valence electrons. The zero-order valence-corrected chi connectivity index (χ0v) is 10.2. The van der Waals surface area contributed by atoms with Crippen molar-refractivity contribution in [2.24, 2.45) is 5.41 Å². The number of thiol groups is 1. The molecule has 0 saturated carbocycles. The number of hydrogen-bond donors (Lipinski definition) is 1. The van der Waals surface area contributed by atoms with Gasteiger partial charge < -0.3 is 13.9 Å². The minimum atomic E-state index is 0.188. The first kappa shape index (κ1) is 12.0. The average Bonchev–Trinajstić information content (AvgIpc) is 2.83. The third kappa shape index (κ3) is 3.03. The quantitative estimate of drug-likeness (QED) is 0.805. The molecule has 1 aromatic heterocycles. The molecule has 0 amide bonds. The topological polar surface area (TPSA) is 31.6 Å². The highest BCUT2D eigenvalue weighted by Crippen LogP contribution is 2.32. The van der Waals surface area contributed by atoms with Crippen LogP contribution in [0.25, 0.3) is 0 Å². The summed E-state index contributed by atoms with van der Waals surface area (Å²) in [6, 6.07) is 3.80. The number of furan rings is 1. The summed E-state index contributed by atoms with van der Waals surface area (Å²) in [5.74, 6) is 1.73. The van der Waals surface area contributed by atoms with Crippen LogP contribution in [0, 0.1) is 5.41 Å². The second-order valence-corrected chi connectivity index (χ2v) is 4.66. The first-order chi connectivity index (χ1) is 7.85. The molecule has 1 aliphatic rings. The second kappa shape index (κ2) is 5.75. The van der Waals surface area contributed by atoms with Crippen molar-refractivity contribution in [3.8, 4) is 0 Å². The van der Waals surface area contributed by atoms with Crippen LogP contribution in [-0.2, 0) is 16.1 Å². The molecule has 1 fully saturated rings. The van der Waals surface area contributed by atoms with Crippen molar-refractivity contribution in [3.05, 3.63) is 24.2 Å². The molecule has 0 atom stereocenters. The van der Waals surface area contributed by atoms with E-state index in [9.17, 15) is 0 Å². The Hall–Kier alpha value is -0.450. The van der Waals surface area contributed by atoms with E-state index in [2.05, 4.69) is 12.6 Å². The van der Waals surface area contributed by atoms with Crippen LogP contribution in [0.1, 0.15) is 18.6 Å². The molecule has 4 heteroatoms. The van der Waals surface area contributed by atoms with E-state index >= 15 is 0 Å². The normalized spacial score (nSPS) is 19.8. The molecule has 16 heavy (non-hydrogen) atoms. The first-order valence-corrected chi connectivity index (χ1v) is 6.27. The standard InChI is InChI=1S/C12H18O3S/c16-10-12(3-6-13-7-4-12)9-14-8-11-2-1-5-15-11/h1-2,5,16H,3-4,6-10H2. The van der Waals surface area contributed by atoms with Crippen molar-refractivity contribution in [1.82, 2.24) is 0 Å². The van der Waals surface area contributed by atoms with Gasteiger partial charge in [0.1, 0.15) is 12.4 Å². The van der Waals surface area contributed by atoms with E-state index in [0.717, 1.165) is 44.2 Å². The Bertz CT molecular complexity index is 291. The lowest BCUT2D eigenvalue weighted by Gasteiger charge is -2.35. The maximum Gasteiger partial charge on any atom is 0.129 e. The van der Waals surface area contributed by atoms with E-state index in [0.29, 0.717) is 6.61 Å². The summed E-state index contributed by atoms with van der Waals surface area (Å²) in [6.07, 6.45) is 3.74. The Labute approximate surface area is 102 Å². The van der Waals surface area contributed by atoms with E-state index in [1.165, 1.54) is 0 Å². The van der Waals surface area contributed by atoms with Crippen LogP contribution < -0.4 is 0 Å². The summed E-state index contributed by atoms with van der Waals surface area (Å²) in [6.45, 7) is 2.93. The van der Waals surface area contributed by atoms with Crippen molar-refractivity contribution >= 4 is 12.6 Å². The molecule has 0 aliphatic carbocycles. The molecule has 0 aromatic carbocycles. The minimum Gasteiger partial charge on any atom is -0.467 e. The zero-order chi connectivity index (χ0) is 11.3. The molecule has 1 saturated heterocycles. The molecule has 0 spiro atoms. The van der Waals surface area contributed by atoms with Gasteiger partial charge in [-0.05, 0) is 30.7 Å². The monoisotopic (exact) mass is 242 g/mol. The predicted molar refractivity (Wildman–Crippen MR) is 64.7 cm³/mol. The Kier molecular flexibility index (Phi) is 4.32. The van der Waals surface area contributed by atoms with Crippen LogP contribution in [0.4, 0.5) is 0 Å².